The lowest BCUT2D eigenvalue weighted by Crippen LogP contribution is -2.26. The highest BCUT2D eigenvalue weighted by Gasteiger charge is 2.33. The lowest BCUT2D eigenvalue weighted by Gasteiger charge is -2.30. The Morgan fingerprint density at radius 3 is 1.59 bits per heavy atom. The van der Waals surface area contributed by atoms with Gasteiger partial charge >= 0.3 is 0 Å². The number of ether oxygens (including phenoxy) is 1. The molecule has 0 saturated carbocycles. The van der Waals surface area contributed by atoms with Gasteiger partial charge in [0.1, 0.15) is 24.0 Å². The van der Waals surface area contributed by atoms with Crippen LogP contribution in [-0.2, 0) is 27.1 Å². The molecule has 61 heavy (non-hydrogen) atoms. The van der Waals surface area contributed by atoms with Gasteiger partial charge in [-0.3, -0.25) is 4.57 Å². The number of fused-ring (bicyclic) bond motifs is 4. The van der Waals surface area contributed by atoms with Crippen LogP contribution in [0.15, 0.2) is 115 Å². The van der Waals surface area contributed by atoms with Crippen molar-refractivity contribution in [2.75, 3.05) is 16.5 Å². The highest BCUT2D eigenvalue weighted by molar-refractivity contribution is 6.09. The fraction of sp³-hybridized carbons (Fsp3) is 0.375. The average molecular weight is 811 g/mol. The van der Waals surface area contributed by atoms with Crippen molar-refractivity contribution in [3.8, 4) is 17.3 Å². The number of benzene rings is 5. The van der Waals surface area contributed by atoms with Crippen LogP contribution in [0, 0.1) is 0 Å². The summed E-state index contributed by atoms with van der Waals surface area (Å²) in [5.74, 6) is 2.50. The van der Waals surface area contributed by atoms with Gasteiger partial charge in [0, 0.05) is 40.5 Å². The zero-order valence-corrected chi connectivity index (χ0v) is 39.4. The Morgan fingerprint density at radius 2 is 0.967 bits per heavy atom. The van der Waals surface area contributed by atoms with E-state index in [2.05, 4.69) is 227 Å². The number of hydrogen-bond donors (Lipinski definition) is 0. The second-order valence-electron chi connectivity index (χ2n) is 22.5. The Kier molecular flexibility index (Phi) is 10.0. The van der Waals surface area contributed by atoms with Crippen LogP contribution >= 0.6 is 0 Å². The topological polar surface area (TPSA) is 33.5 Å². The van der Waals surface area contributed by atoms with Crippen LogP contribution in [0.5, 0.6) is 11.5 Å². The normalized spacial score (nSPS) is 14.0. The van der Waals surface area contributed by atoms with Crippen LogP contribution in [0.4, 0.5) is 22.7 Å². The minimum atomic E-state index is -0.116. The molecule has 5 heteroatoms. The number of para-hydroxylation sites is 1. The van der Waals surface area contributed by atoms with Gasteiger partial charge in [-0.15, -0.1) is 0 Å². The molecule has 1 aliphatic heterocycles. The van der Waals surface area contributed by atoms with Gasteiger partial charge in [0.2, 0.25) is 0 Å². The SMILES string of the molecule is CC(C)(C)c1cc(Oc2ccc3c4ccccc4n(-c4cc(C(C)(C)C)ccn4)c3c2)cc(N2CN(c3cc(C(C)(C)C)cc(C(C)(C)C)c3)c3cc(C(C)(C)C)ccc32)c1. The molecule has 0 amide bonds. The van der Waals surface area contributed by atoms with E-state index in [9.17, 15) is 0 Å². The van der Waals surface area contributed by atoms with Crippen LogP contribution in [0.2, 0.25) is 0 Å². The van der Waals surface area contributed by atoms with Crippen molar-refractivity contribution in [2.24, 2.45) is 0 Å². The predicted molar refractivity (Wildman–Crippen MR) is 261 cm³/mol. The lowest BCUT2D eigenvalue weighted by molar-refractivity contribution is 0.479. The van der Waals surface area contributed by atoms with Crippen LogP contribution in [0.1, 0.15) is 132 Å². The third kappa shape index (κ3) is 8.16. The van der Waals surface area contributed by atoms with Gasteiger partial charge in [-0.05, 0) is 122 Å². The van der Waals surface area contributed by atoms with Crippen molar-refractivity contribution >= 4 is 44.6 Å². The van der Waals surface area contributed by atoms with Crippen molar-refractivity contribution in [3.05, 3.63) is 143 Å². The molecule has 1 aliphatic rings. The molecule has 0 N–H and O–H groups in total. The van der Waals surface area contributed by atoms with Crippen molar-refractivity contribution in [1.29, 1.82) is 0 Å². The zero-order valence-electron chi connectivity index (χ0n) is 39.4. The molecule has 0 spiro atoms. The third-order valence-electron chi connectivity index (χ3n) is 12.5. The Labute approximate surface area is 365 Å². The number of nitrogens with zero attached hydrogens (tertiary/aromatic N) is 4. The first-order valence-electron chi connectivity index (χ1n) is 22.1. The highest BCUT2D eigenvalue weighted by Crippen LogP contribution is 2.49. The van der Waals surface area contributed by atoms with Crippen LogP contribution < -0.4 is 14.5 Å². The minimum Gasteiger partial charge on any atom is -0.457 e. The van der Waals surface area contributed by atoms with Gasteiger partial charge in [-0.25, -0.2) is 4.98 Å². The number of pyridine rings is 1. The summed E-state index contributed by atoms with van der Waals surface area (Å²) >= 11 is 0. The number of hydrogen-bond acceptors (Lipinski definition) is 4. The molecule has 0 saturated heterocycles. The smallest absolute Gasteiger partial charge is 0.137 e. The molecule has 0 bridgehead atoms. The van der Waals surface area contributed by atoms with E-state index >= 15 is 0 Å². The van der Waals surface area contributed by atoms with Crippen molar-refractivity contribution < 1.29 is 4.74 Å². The van der Waals surface area contributed by atoms with E-state index in [0.717, 1.165) is 34.0 Å². The van der Waals surface area contributed by atoms with Crippen molar-refractivity contribution in [3.63, 3.8) is 0 Å². The van der Waals surface area contributed by atoms with Crippen molar-refractivity contribution in [1.82, 2.24) is 9.55 Å². The maximum Gasteiger partial charge on any atom is 0.137 e. The van der Waals surface area contributed by atoms with Crippen LogP contribution in [0.3, 0.4) is 0 Å². The Balaban J connectivity index is 1.25. The lowest BCUT2D eigenvalue weighted by atomic mass is 9.80. The number of aromatic nitrogens is 2. The summed E-state index contributed by atoms with van der Waals surface area (Å²) in [6.45, 7) is 35.1. The van der Waals surface area contributed by atoms with Gasteiger partial charge in [0.25, 0.3) is 0 Å². The van der Waals surface area contributed by atoms with Crippen LogP contribution in [0.25, 0.3) is 27.6 Å². The van der Waals surface area contributed by atoms with Gasteiger partial charge < -0.3 is 14.5 Å². The van der Waals surface area contributed by atoms with E-state index in [1.165, 1.54) is 55.7 Å². The Morgan fingerprint density at radius 1 is 0.426 bits per heavy atom. The average Bonchev–Trinajstić information content (AvgIpc) is 3.72. The van der Waals surface area contributed by atoms with Gasteiger partial charge in [-0.1, -0.05) is 134 Å². The zero-order chi connectivity index (χ0) is 44.0. The van der Waals surface area contributed by atoms with E-state index in [4.69, 9.17) is 9.72 Å². The largest absolute Gasteiger partial charge is 0.457 e. The van der Waals surface area contributed by atoms with Crippen molar-refractivity contribution in [2.45, 2.75) is 131 Å². The summed E-state index contributed by atoms with van der Waals surface area (Å²) in [5, 5.41) is 2.36. The summed E-state index contributed by atoms with van der Waals surface area (Å²) in [5.41, 5.74) is 13.3. The summed E-state index contributed by atoms with van der Waals surface area (Å²) in [6.07, 6.45) is 1.93. The predicted octanol–water partition coefficient (Wildman–Crippen LogP) is 15.7. The maximum atomic E-state index is 6.98. The van der Waals surface area contributed by atoms with E-state index < -0.39 is 0 Å². The molecule has 8 rings (SSSR count). The molecule has 2 aromatic heterocycles. The van der Waals surface area contributed by atoms with E-state index in [1.54, 1.807) is 0 Å². The van der Waals surface area contributed by atoms with E-state index in [-0.39, 0.29) is 27.1 Å². The molecule has 5 aromatic carbocycles. The highest BCUT2D eigenvalue weighted by atomic mass is 16.5. The second-order valence-corrected chi connectivity index (χ2v) is 22.5. The molecule has 0 unspecified atom stereocenters. The summed E-state index contributed by atoms with van der Waals surface area (Å²) in [6, 6.07) is 40.5. The first kappa shape index (κ1) is 42.2. The standard InChI is InChI=1S/C56H66N4O/c1-52(2,3)36-20-23-48-50(31-36)59(41-27-38(54(7,8)9)26-39(28-41)55(10,11)12)35-58(48)42-29-40(56(13,14)15)30-44(33-42)61-43-21-22-46-45-18-16-17-19-47(45)60(49(46)34-43)51-32-37(24-25-57-51)53(4,5)6/h16-34H,35H2,1-15H3. The molecule has 3 heterocycles. The molecular formula is C56H66N4O. The molecule has 0 atom stereocenters. The second kappa shape index (κ2) is 14.5. The molecule has 0 fully saturated rings. The van der Waals surface area contributed by atoms with Gasteiger partial charge in [0.15, 0.2) is 0 Å². The molecule has 0 radical (unpaired) electrons. The number of rotatable bonds is 5. The van der Waals surface area contributed by atoms with Gasteiger partial charge in [0.05, 0.1) is 22.4 Å². The quantitative estimate of drug-likeness (QED) is 0.173. The molecule has 0 aliphatic carbocycles. The minimum absolute atomic E-state index is 0.00312. The Bertz CT molecular complexity index is 2760. The molecule has 316 valence electrons. The number of anilines is 4. The maximum absolute atomic E-state index is 6.98. The molecular weight excluding hydrogens is 745 g/mol. The molecule has 5 nitrogen and oxygen atoms in total. The van der Waals surface area contributed by atoms with Crippen LogP contribution in [-0.4, -0.2) is 16.2 Å². The third-order valence-corrected chi connectivity index (χ3v) is 12.5. The first-order chi connectivity index (χ1) is 28.4. The van der Waals surface area contributed by atoms with E-state index in [0.29, 0.717) is 6.67 Å². The fourth-order valence-electron chi connectivity index (χ4n) is 8.44. The molecule has 7 aromatic rings. The summed E-state index contributed by atoms with van der Waals surface area (Å²) < 4.78 is 9.27. The Hall–Kier alpha value is -5.55. The first-order valence-corrected chi connectivity index (χ1v) is 22.1. The summed E-state index contributed by atoms with van der Waals surface area (Å²) in [7, 11) is 0. The van der Waals surface area contributed by atoms with Gasteiger partial charge in [-0.2, -0.15) is 0 Å². The fourth-order valence-corrected chi connectivity index (χ4v) is 8.44. The summed E-state index contributed by atoms with van der Waals surface area (Å²) in [4.78, 5) is 9.91. The monoisotopic (exact) mass is 811 g/mol. The van der Waals surface area contributed by atoms with E-state index in [1.807, 2.05) is 6.20 Å².